The zero-order valence-corrected chi connectivity index (χ0v) is 18.0. The minimum Gasteiger partial charge on any atom is -0.355 e. The molecule has 0 spiro atoms. The first-order valence-electron chi connectivity index (χ1n) is 7.85. The predicted octanol–water partition coefficient (Wildman–Crippen LogP) is 4.27. The van der Waals surface area contributed by atoms with Crippen LogP contribution in [-0.4, -0.2) is 46.1 Å². The minimum atomic E-state index is 0. The number of aromatic amines is 2. The van der Waals surface area contributed by atoms with E-state index in [1.165, 1.54) is 0 Å². The Labute approximate surface area is 180 Å². The molecule has 4 radical (unpaired) electrons. The van der Waals surface area contributed by atoms with E-state index < -0.39 is 0 Å². The molecule has 130 valence electrons. The Morgan fingerprint density at radius 2 is 0.846 bits per heavy atom. The van der Waals surface area contributed by atoms with Gasteiger partial charge >= 0.3 is 0 Å². The summed E-state index contributed by atoms with van der Waals surface area (Å²) in [7, 11) is 0. The summed E-state index contributed by atoms with van der Waals surface area (Å²) in [5.74, 6) is 0. The van der Waals surface area contributed by atoms with E-state index in [4.69, 9.17) is 0 Å². The second kappa shape index (κ2) is 7.71. The summed E-state index contributed by atoms with van der Waals surface area (Å²) in [6, 6.07) is 16.4. The van der Waals surface area contributed by atoms with Crippen LogP contribution in [0, 0.1) is 0 Å². The Bertz CT molecular complexity index is 1080. The van der Waals surface area contributed by atoms with Crippen molar-refractivity contribution >= 4 is 72.6 Å². The normalized spacial score (nSPS) is 11.7. The summed E-state index contributed by atoms with van der Waals surface area (Å²) in [5.41, 5.74) is 7.86. The molecule has 2 aliphatic rings. The largest absolute Gasteiger partial charge is 0.355 e. The van der Waals surface area contributed by atoms with E-state index in [0.717, 1.165) is 44.8 Å². The number of H-pyrrole nitrogens is 2. The molecule has 3 aromatic rings. The van der Waals surface area contributed by atoms with Crippen LogP contribution in [0.2, 0.25) is 0 Å². The van der Waals surface area contributed by atoms with Crippen LogP contribution in [0.3, 0.4) is 0 Å². The van der Waals surface area contributed by atoms with Crippen molar-refractivity contribution < 1.29 is 17.1 Å². The summed E-state index contributed by atoms with van der Waals surface area (Å²) in [6.45, 7) is 0. The van der Waals surface area contributed by atoms with Gasteiger partial charge in [-0.05, 0) is 72.8 Å². The molecule has 6 heteroatoms. The van der Waals surface area contributed by atoms with E-state index in [1.54, 1.807) is 0 Å². The van der Waals surface area contributed by atoms with E-state index in [1.807, 2.05) is 42.5 Å². The standard InChI is InChI=1S/C20H14N4.Bi.Cu/c1-2-14-10-16-5-6-18(23-16)12-20-8-7-19(24-20)11-17-4-3-15(22-17)9-13(1)21-14;;/h1-12,21-22H;;. The molecule has 3 aromatic heterocycles. The zero-order valence-electron chi connectivity index (χ0n) is 13.6. The number of fused-ring (bicyclic) bond motifs is 8. The zero-order chi connectivity index (χ0) is 15.9. The number of rotatable bonds is 0. The maximum atomic E-state index is 4.62. The predicted molar refractivity (Wildman–Crippen MR) is 105 cm³/mol. The molecular weight excluding hydrogens is 569 g/mol. The van der Waals surface area contributed by atoms with Crippen LogP contribution in [-0.2, 0) is 17.1 Å². The van der Waals surface area contributed by atoms with Crippen LogP contribution >= 0.6 is 0 Å². The van der Waals surface area contributed by atoms with Gasteiger partial charge in [0.05, 0.1) is 22.8 Å². The Hall–Kier alpha value is -2.00. The molecule has 2 N–H and O–H groups in total. The van der Waals surface area contributed by atoms with Gasteiger partial charge in [0.25, 0.3) is 0 Å². The molecule has 0 unspecified atom stereocenters. The van der Waals surface area contributed by atoms with Gasteiger partial charge in [-0.15, -0.1) is 0 Å². The van der Waals surface area contributed by atoms with Gasteiger partial charge in [0.1, 0.15) is 0 Å². The van der Waals surface area contributed by atoms with Crippen molar-refractivity contribution in [2.75, 3.05) is 0 Å². The van der Waals surface area contributed by atoms with Crippen LogP contribution in [0.5, 0.6) is 0 Å². The molecule has 5 rings (SSSR count). The topological polar surface area (TPSA) is 57.4 Å². The molecule has 2 aliphatic heterocycles. The van der Waals surface area contributed by atoms with Gasteiger partial charge < -0.3 is 9.97 Å². The maximum Gasteiger partial charge on any atom is 0.0659 e. The van der Waals surface area contributed by atoms with Crippen LogP contribution in [0.1, 0.15) is 22.8 Å². The van der Waals surface area contributed by atoms with Crippen molar-refractivity contribution in [3.05, 3.63) is 71.3 Å². The average Bonchev–Trinajstić information content (AvgIpc) is 3.32. The second-order valence-electron chi connectivity index (χ2n) is 5.91. The van der Waals surface area contributed by atoms with E-state index >= 15 is 0 Å². The van der Waals surface area contributed by atoms with E-state index in [0.29, 0.717) is 0 Å². The van der Waals surface area contributed by atoms with Crippen LogP contribution in [0.15, 0.2) is 48.5 Å². The molecule has 8 bridgehead atoms. The number of hydrogen-bond donors (Lipinski definition) is 2. The Morgan fingerprint density at radius 3 is 1.27 bits per heavy atom. The third-order valence-corrected chi connectivity index (χ3v) is 4.04. The third-order valence-electron chi connectivity index (χ3n) is 4.04. The first kappa shape index (κ1) is 18.8. The van der Waals surface area contributed by atoms with Gasteiger partial charge in [-0.1, -0.05) is 0 Å². The number of nitrogens with one attached hydrogen (secondary N) is 2. The van der Waals surface area contributed by atoms with E-state index in [9.17, 15) is 0 Å². The van der Waals surface area contributed by atoms with Crippen LogP contribution < -0.4 is 0 Å². The maximum absolute atomic E-state index is 4.62. The molecule has 0 atom stereocenters. The summed E-state index contributed by atoms with van der Waals surface area (Å²) in [5, 5.41) is 0. The Balaban J connectivity index is 0.000000980. The van der Waals surface area contributed by atoms with Crippen molar-refractivity contribution in [3.63, 3.8) is 0 Å². The first-order valence-corrected chi connectivity index (χ1v) is 7.85. The SMILES string of the molecule is C1=Cc2cc3ccc(cc4ccc(cc5nc(cc1n2)C=C5)[nH]4)[nH]3.[Bi].[Cu]. The summed E-state index contributed by atoms with van der Waals surface area (Å²) in [4.78, 5) is 16.0. The fourth-order valence-electron chi connectivity index (χ4n) is 2.94. The van der Waals surface area contributed by atoms with Gasteiger partial charge in [0.15, 0.2) is 0 Å². The molecule has 0 fully saturated rings. The van der Waals surface area contributed by atoms with Gasteiger partial charge in [-0.3, -0.25) is 0 Å². The second-order valence-corrected chi connectivity index (χ2v) is 5.91. The molecule has 0 aromatic carbocycles. The van der Waals surface area contributed by atoms with Crippen molar-refractivity contribution in [2.24, 2.45) is 0 Å². The Kier molecular flexibility index (Phi) is 5.57. The molecule has 0 saturated heterocycles. The molecule has 26 heavy (non-hydrogen) atoms. The van der Waals surface area contributed by atoms with E-state index in [2.05, 4.69) is 50.3 Å². The average molecular weight is 583 g/mol. The quantitative estimate of drug-likeness (QED) is 0.268. The van der Waals surface area contributed by atoms with E-state index in [-0.39, 0.29) is 43.3 Å². The van der Waals surface area contributed by atoms with Gasteiger partial charge in [0.2, 0.25) is 0 Å². The summed E-state index contributed by atoms with van der Waals surface area (Å²) >= 11 is 0. The molecule has 4 nitrogen and oxygen atoms in total. The minimum absolute atomic E-state index is 0. The van der Waals surface area contributed by atoms with Crippen LogP contribution in [0.25, 0.3) is 46.4 Å². The smallest absolute Gasteiger partial charge is 0.0659 e. The van der Waals surface area contributed by atoms with Crippen LogP contribution in [0.4, 0.5) is 0 Å². The third kappa shape index (κ3) is 3.88. The molecule has 0 amide bonds. The molecule has 0 aliphatic carbocycles. The number of hydrogen-bond acceptors (Lipinski definition) is 2. The van der Waals surface area contributed by atoms with Crippen molar-refractivity contribution in [3.8, 4) is 0 Å². The molecule has 5 heterocycles. The monoisotopic (exact) mass is 582 g/mol. The fraction of sp³-hybridized carbons (Fsp3) is 0. The number of nitrogens with zero attached hydrogens (tertiary/aromatic N) is 2. The molecule has 0 saturated carbocycles. The fourth-order valence-corrected chi connectivity index (χ4v) is 2.94. The Morgan fingerprint density at radius 1 is 0.500 bits per heavy atom. The summed E-state index contributed by atoms with van der Waals surface area (Å²) < 4.78 is 0. The molecular formula is C20H14BiCuN4. The van der Waals surface area contributed by atoms with Gasteiger partial charge in [-0.25, -0.2) is 9.97 Å². The van der Waals surface area contributed by atoms with Crippen molar-refractivity contribution in [1.82, 2.24) is 19.9 Å². The summed E-state index contributed by atoms with van der Waals surface area (Å²) in [6.07, 6.45) is 8.05. The van der Waals surface area contributed by atoms with Crippen molar-refractivity contribution in [1.29, 1.82) is 0 Å². The van der Waals surface area contributed by atoms with Gasteiger partial charge in [-0.2, -0.15) is 0 Å². The number of aromatic nitrogens is 4. The first-order chi connectivity index (χ1) is 11.8. The van der Waals surface area contributed by atoms with Crippen molar-refractivity contribution in [2.45, 2.75) is 0 Å². The van der Waals surface area contributed by atoms with Gasteiger partial charge in [0, 0.05) is 65.3 Å².